The predicted octanol–water partition coefficient (Wildman–Crippen LogP) is 6.89. The summed E-state index contributed by atoms with van der Waals surface area (Å²) in [5.41, 5.74) is 3.80. The van der Waals surface area contributed by atoms with Crippen LogP contribution in [0, 0.1) is 5.41 Å². The maximum absolute atomic E-state index is 7.51. The van der Waals surface area contributed by atoms with Gasteiger partial charge < -0.3 is 5.41 Å². The quantitative estimate of drug-likeness (QED) is 0.357. The molecule has 0 saturated carbocycles. The third kappa shape index (κ3) is 6.68. The largest absolute Gasteiger partial charge is 0.312 e. The highest BCUT2D eigenvalue weighted by atomic mass is 14.4. The molecule has 0 spiro atoms. The number of benzene rings is 3. The molecular formula is C25H29N. The third-order valence-electron chi connectivity index (χ3n) is 4.40. The van der Waals surface area contributed by atoms with Crippen molar-refractivity contribution in [1.29, 1.82) is 5.41 Å². The Labute approximate surface area is 158 Å². The second-order valence-electron chi connectivity index (χ2n) is 6.41. The third-order valence-corrected chi connectivity index (χ3v) is 4.40. The molecule has 1 heteroatoms. The van der Waals surface area contributed by atoms with E-state index < -0.39 is 0 Å². The SMILES string of the molecule is CCCCCc1ccccc1.N=CC(c1ccccc1)c1ccccc1. The molecule has 3 rings (SSSR count). The Bertz CT molecular complexity index is 680. The first kappa shape index (κ1) is 19.7. The molecule has 0 unspecified atom stereocenters. The Morgan fingerprint density at radius 2 is 1.15 bits per heavy atom. The maximum Gasteiger partial charge on any atom is 0.0436 e. The zero-order chi connectivity index (χ0) is 18.5. The summed E-state index contributed by atoms with van der Waals surface area (Å²) in [6.45, 7) is 2.24. The first-order chi connectivity index (χ1) is 12.8. The van der Waals surface area contributed by atoms with Crippen molar-refractivity contribution in [2.45, 2.75) is 38.5 Å². The molecule has 0 amide bonds. The Kier molecular flexibility index (Phi) is 8.93. The lowest BCUT2D eigenvalue weighted by atomic mass is 9.93. The molecule has 0 aromatic heterocycles. The lowest BCUT2D eigenvalue weighted by Crippen LogP contribution is -2.01. The van der Waals surface area contributed by atoms with Gasteiger partial charge >= 0.3 is 0 Å². The van der Waals surface area contributed by atoms with E-state index >= 15 is 0 Å². The van der Waals surface area contributed by atoms with Crippen molar-refractivity contribution >= 4 is 6.21 Å². The lowest BCUT2D eigenvalue weighted by Gasteiger charge is -2.11. The van der Waals surface area contributed by atoms with Gasteiger partial charge in [-0.15, -0.1) is 0 Å². The molecule has 0 atom stereocenters. The lowest BCUT2D eigenvalue weighted by molar-refractivity contribution is 0.717. The van der Waals surface area contributed by atoms with Crippen LogP contribution in [0.5, 0.6) is 0 Å². The van der Waals surface area contributed by atoms with Gasteiger partial charge in [0.1, 0.15) is 0 Å². The van der Waals surface area contributed by atoms with Crippen LogP contribution in [0.1, 0.15) is 48.8 Å². The van der Waals surface area contributed by atoms with E-state index in [1.54, 1.807) is 0 Å². The van der Waals surface area contributed by atoms with Gasteiger partial charge in [-0.2, -0.15) is 0 Å². The first-order valence-electron chi connectivity index (χ1n) is 9.49. The number of rotatable bonds is 7. The van der Waals surface area contributed by atoms with Gasteiger partial charge in [0.05, 0.1) is 0 Å². The number of unbranched alkanes of at least 4 members (excludes halogenated alkanes) is 2. The van der Waals surface area contributed by atoms with E-state index in [-0.39, 0.29) is 5.92 Å². The Balaban J connectivity index is 0.000000197. The molecule has 1 N–H and O–H groups in total. The van der Waals surface area contributed by atoms with Crippen LogP contribution in [-0.4, -0.2) is 6.21 Å². The van der Waals surface area contributed by atoms with Crippen LogP contribution in [0.2, 0.25) is 0 Å². The predicted molar refractivity (Wildman–Crippen MR) is 113 cm³/mol. The first-order valence-corrected chi connectivity index (χ1v) is 9.49. The van der Waals surface area contributed by atoms with E-state index in [0.29, 0.717) is 0 Å². The minimum Gasteiger partial charge on any atom is -0.312 e. The molecule has 26 heavy (non-hydrogen) atoms. The fraction of sp³-hybridized carbons (Fsp3) is 0.240. The van der Waals surface area contributed by atoms with Crippen LogP contribution >= 0.6 is 0 Å². The van der Waals surface area contributed by atoms with Crippen molar-refractivity contribution in [2.75, 3.05) is 0 Å². The van der Waals surface area contributed by atoms with E-state index in [4.69, 9.17) is 5.41 Å². The number of hydrogen-bond acceptors (Lipinski definition) is 1. The topological polar surface area (TPSA) is 23.9 Å². The monoisotopic (exact) mass is 343 g/mol. The molecule has 0 fully saturated rings. The minimum absolute atomic E-state index is 0.0763. The summed E-state index contributed by atoms with van der Waals surface area (Å²) in [7, 11) is 0. The molecule has 134 valence electrons. The zero-order valence-corrected chi connectivity index (χ0v) is 15.6. The highest BCUT2D eigenvalue weighted by molar-refractivity contribution is 5.70. The van der Waals surface area contributed by atoms with Crippen LogP contribution in [-0.2, 0) is 6.42 Å². The van der Waals surface area contributed by atoms with Crippen molar-refractivity contribution in [3.05, 3.63) is 108 Å². The summed E-state index contributed by atoms with van der Waals surface area (Å²) >= 11 is 0. The summed E-state index contributed by atoms with van der Waals surface area (Å²) in [5.74, 6) is 0.0763. The molecule has 3 aromatic carbocycles. The van der Waals surface area contributed by atoms with Crippen LogP contribution in [0.15, 0.2) is 91.0 Å². The minimum atomic E-state index is 0.0763. The van der Waals surface area contributed by atoms with Crippen molar-refractivity contribution in [2.24, 2.45) is 0 Å². The Morgan fingerprint density at radius 3 is 1.58 bits per heavy atom. The van der Waals surface area contributed by atoms with E-state index in [1.165, 1.54) is 48.6 Å². The van der Waals surface area contributed by atoms with Gasteiger partial charge in [0, 0.05) is 12.1 Å². The molecule has 0 aliphatic carbocycles. The fourth-order valence-electron chi connectivity index (χ4n) is 2.93. The van der Waals surface area contributed by atoms with Gasteiger partial charge in [-0.25, -0.2) is 0 Å². The van der Waals surface area contributed by atoms with Crippen molar-refractivity contribution in [3.8, 4) is 0 Å². The molecule has 0 aliphatic rings. The van der Waals surface area contributed by atoms with E-state index in [0.717, 1.165) is 0 Å². The van der Waals surface area contributed by atoms with Gasteiger partial charge in [0.25, 0.3) is 0 Å². The zero-order valence-electron chi connectivity index (χ0n) is 15.6. The van der Waals surface area contributed by atoms with E-state index in [2.05, 4.69) is 61.5 Å². The molecule has 0 saturated heterocycles. The van der Waals surface area contributed by atoms with E-state index in [9.17, 15) is 0 Å². The Hall–Kier alpha value is -2.67. The highest BCUT2D eigenvalue weighted by Gasteiger charge is 2.09. The van der Waals surface area contributed by atoms with E-state index in [1.807, 2.05) is 36.4 Å². The molecule has 0 radical (unpaired) electrons. The highest BCUT2D eigenvalue weighted by Crippen LogP contribution is 2.21. The van der Waals surface area contributed by atoms with Crippen molar-refractivity contribution in [3.63, 3.8) is 0 Å². The van der Waals surface area contributed by atoms with Crippen molar-refractivity contribution in [1.82, 2.24) is 0 Å². The fourth-order valence-corrected chi connectivity index (χ4v) is 2.93. The van der Waals surface area contributed by atoms with Gasteiger partial charge in [-0.05, 0) is 29.5 Å². The molecule has 0 heterocycles. The van der Waals surface area contributed by atoms with Crippen LogP contribution < -0.4 is 0 Å². The molecular weight excluding hydrogens is 314 g/mol. The summed E-state index contributed by atoms with van der Waals surface area (Å²) in [4.78, 5) is 0. The number of aryl methyl sites for hydroxylation is 1. The summed E-state index contributed by atoms with van der Waals surface area (Å²) in [6, 6.07) is 31.0. The summed E-state index contributed by atoms with van der Waals surface area (Å²) in [6.07, 6.45) is 6.74. The van der Waals surface area contributed by atoms with Crippen LogP contribution in [0.25, 0.3) is 0 Å². The van der Waals surface area contributed by atoms with Gasteiger partial charge in [0.2, 0.25) is 0 Å². The normalized spacial score (nSPS) is 10.1. The molecule has 0 bridgehead atoms. The summed E-state index contributed by atoms with van der Waals surface area (Å²) < 4.78 is 0. The second kappa shape index (κ2) is 11.8. The van der Waals surface area contributed by atoms with Crippen LogP contribution in [0.3, 0.4) is 0 Å². The second-order valence-corrected chi connectivity index (χ2v) is 6.41. The van der Waals surface area contributed by atoms with Gasteiger partial charge in [-0.1, -0.05) is 111 Å². The average Bonchev–Trinajstić information content (AvgIpc) is 2.72. The number of nitrogens with one attached hydrogen (secondary N) is 1. The average molecular weight is 344 g/mol. The maximum atomic E-state index is 7.51. The molecule has 0 aliphatic heterocycles. The molecule has 1 nitrogen and oxygen atoms in total. The smallest absolute Gasteiger partial charge is 0.0436 e. The van der Waals surface area contributed by atoms with Gasteiger partial charge in [-0.3, -0.25) is 0 Å². The van der Waals surface area contributed by atoms with Crippen LogP contribution in [0.4, 0.5) is 0 Å². The summed E-state index contributed by atoms with van der Waals surface area (Å²) in [5, 5.41) is 7.51. The number of hydrogen-bond donors (Lipinski definition) is 1. The van der Waals surface area contributed by atoms with Crippen molar-refractivity contribution < 1.29 is 0 Å². The Morgan fingerprint density at radius 1 is 0.692 bits per heavy atom. The standard InChI is InChI=1S/C14H13N.C11H16/c15-11-14(12-7-3-1-4-8-12)13-9-5-2-6-10-13;1-2-3-5-8-11-9-6-4-7-10-11/h1-11,14-15H;4,6-7,9-10H,2-3,5,8H2,1H3. The molecule has 3 aromatic rings. The van der Waals surface area contributed by atoms with Gasteiger partial charge in [0.15, 0.2) is 0 Å².